The number of amides is 1. The van der Waals surface area contributed by atoms with Gasteiger partial charge in [0.15, 0.2) is 21.6 Å². The summed E-state index contributed by atoms with van der Waals surface area (Å²) in [6.07, 6.45) is -3.51. The summed E-state index contributed by atoms with van der Waals surface area (Å²) in [5.41, 5.74) is -0.0198. The summed E-state index contributed by atoms with van der Waals surface area (Å²) in [5, 5.41) is 9.44. The predicted octanol–water partition coefficient (Wildman–Crippen LogP) is 5.96. The van der Waals surface area contributed by atoms with Crippen LogP contribution in [0, 0.1) is 0 Å². The molecule has 3 aromatic heterocycles. The zero-order valence-electron chi connectivity index (χ0n) is 14.7. The molecule has 0 radical (unpaired) electrons. The van der Waals surface area contributed by atoms with E-state index in [1.807, 2.05) is 0 Å². The number of halogens is 6. The van der Waals surface area contributed by atoms with Crippen LogP contribution in [0.1, 0.15) is 34.8 Å². The van der Waals surface area contributed by atoms with Crippen LogP contribution in [0.15, 0.2) is 44.0 Å². The molecule has 0 saturated heterocycles. The van der Waals surface area contributed by atoms with Crippen LogP contribution < -0.4 is 10.6 Å². The molecule has 3 aromatic rings. The smallest absolute Gasteiger partial charge is 0.410 e. The zero-order chi connectivity index (χ0) is 21.6. The number of aromatic nitrogens is 3. The lowest BCUT2D eigenvalue weighted by Gasteiger charge is -2.32. The Morgan fingerprint density at radius 2 is 2.10 bits per heavy atom. The van der Waals surface area contributed by atoms with Gasteiger partial charge in [-0.25, -0.2) is 9.67 Å². The van der Waals surface area contributed by atoms with Crippen LogP contribution in [0.5, 0.6) is 0 Å². The van der Waals surface area contributed by atoms with Gasteiger partial charge in [0.1, 0.15) is 11.6 Å². The van der Waals surface area contributed by atoms with Gasteiger partial charge in [-0.1, -0.05) is 11.6 Å². The van der Waals surface area contributed by atoms with Gasteiger partial charge in [0, 0.05) is 12.6 Å². The van der Waals surface area contributed by atoms with Crippen molar-refractivity contribution < 1.29 is 22.4 Å². The Labute approximate surface area is 189 Å². The minimum Gasteiger partial charge on any atom is -0.452 e. The predicted molar refractivity (Wildman–Crippen MR) is 110 cm³/mol. The van der Waals surface area contributed by atoms with Gasteiger partial charge in [-0.15, -0.1) is 0 Å². The molecule has 2 N–H and O–H groups in total. The minimum absolute atomic E-state index is 0.0172. The van der Waals surface area contributed by atoms with Gasteiger partial charge in [-0.3, -0.25) is 4.79 Å². The van der Waals surface area contributed by atoms with Crippen LogP contribution in [-0.2, 0) is 0 Å². The van der Waals surface area contributed by atoms with E-state index in [2.05, 4.69) is 52.6 Å². The highest BCUT2D eigenvalue weighted by Crippen LogP contribution is 2.46. The number of carbonyl (C=O) groups is 1. The molecule has 1 amide bonds. The number of alkyl halides is 3. The Hall–Kier alpha value is -2.05. The third-order valence-corrected chi connectivity index (χ3v) is 5.93. The summed E-state index contributed by atoms with van der Waals surface area (Å²) in [5.74, 6) is -0.397. The molecule has 0 fully saturated rings. The molecular formula is C17H11Br2ClF3N5O2. The van der Waals surface area contributed by atoms with E-state index >= 15 is 0 Å². The Bertz CT molecular complexity index is 1120. The SMILES string of the molecule is O=C(Nc1cccnc1Cl)c1nn2c(c1Br)NC(c1ccc(Br)o1)CC2C(F)(F)F. The molecule has 2 atom stereocenters. The number of rotatable bonds is 3. The van der Waals surface area contributed by atoms with Gasteiger partial charge < -0.3 is 15.1 Å². The molecule has 0 saturated carbocycles. The zero-order valence-corrected chi connectivity index (χ0v) is 18.6. The van der Waals surface area contributed by atoms with Crippen LogP contribution in [-0.4, -0.2) is 26.8 Å². The van der Waals surface area contributed by atoms with Crippen LogP contribution in [0.25, 0.3) is 0 Å². The fourth-order valence-electron chi connectivity index (χ4n) is 3.10. The lowest BCUT2D eigenvalue weighted by Crippen LogP contribution is -2.35. The molecule has 2 unspecified atom stereocenters. The van der Waals surface area contributed by atoms with Gasteiger partial charge in [0.2, 0.25) is 0 Å². The lowest BCUT2D eigenvalue weighted by molar-refractivity contribution is -0.174. The summed E-state index contributed by atoms with van der Waals surface area (Å²) < 4.78 is 48.0. The maximum atomic E-state index is 13.8. The van der Waals surface area contributed by atoms with E-state index in [0.717, 1.165) is 4.68 Å². The molecule has 4 rings (SSSR count). The fourth-order valence-corrected chi connectivity index (χ4v) is 4.14. The van der Waals surface area contributed by atoms with Crippen molar-refractivity contribution in [3.63, 3.8) is 0 Å². The van der Waals surface area contributed by atoms with E-state index in [0.29, 0.717) is 10.4 Å². The molecule has 0 aromatic carbocycles. The van der Waals surface area contributed by atoms with E-state index in [9.17, 15) is 18.0 Å². The first-order chi connectivity index (χ1) is 14.1. The lowest BCUT2D eigenvalue weighted by atomic mass is 10.0. The molecular weight excluding hydrogens is 558 g/mol. The molecule has 7 nitrogen and oxygen atoms in total. The Balaban J connectivity index is 1.71. The highest BCUT2D eigenvalue weighted by molar-refractivity contribution is 9.10. The second-order valence-electron chi connectivity index (χ2n) is 6.38. The molecule has 30 heavy (non-hydrogen) atoms. The number of nitrogens with zero attached hydrogens (tertiary/aromatic N) is 3. The third kappa shape index (κ3) is 3.95. The summed E-state index contributed by atoms with van der Waals surface area (Å²) in [4.78, 5) is 16.5. The number of anilines is 2. The van der Waals surface area contributed by atoms with Crippen LogP contribution in [0.4, 0.5) is 24.7 Å². The van der Waals surface area contributed by atoms with Crippen molar-refractivity contribution in [2.24, 2.45) is 0 Å². The van der Waals surface area contributed by atoms with Crippen molar-refractivity contribution in [1.29, 1.82) is 0 Å². The van der Waals surface area contributed by atoms with Gasteiger partial charge in [0.25, 0.3) is 5.91 Å². The number of nitrogens with one attached hydrogen (secondary N) is 2. The second kappa shape index (κ2) is 7.89. The number of hydrogen-bond donors (Lipinski definition) is 2. The molecule has 0 aliphatic carbocycles. The number of furan rings is 1. The van der Waals surface area contributed by atoms with Crippen LogP contribution in [0.2, 0.25) is 5.15 Å². The molecule has 1 aliphatic heterocycles. The highest BCUT2D eigenvalue weighted by Gasteiger charge is 2.48. The molecule has 13 heteroatoms. The average Bonchev–Trinajstić information content (AvgIpc) is 3.26. The topological polar surface area (TPSA) is 85.0 Å². The monoisotopic (exact) mass is 567 g/mol. The Morgan fingerprint density at radius 1 is 1.33 bits per heavy atom. The number of fused-ring (bicyclic) bond motifs is 1. The summed E-state index contributed by atoms with van der Waals surface area (Å²) >= 11 is 12.3. The van der Waals surface area contributed by atoms with Crippen molar-refractivity contribution in [2.75, 3.05) is 10.6 Å². The summed E-state index contributed by atoms with van der Waals surface area (Å²) in [6, 6.07) is 3.51. The first-order valence-electron chi connectivity index (χ1n) is 8.43. The van der Waals surface area contributed by atoms with E-state index in [-0.39, 0.29) is 33.2 Å². The quantitative estimate of drug-likeness (QED) is 0.380. The van der Waals surface area contributed by atoms with Gasteiger partial charge in [-0.05, 0) is 56.1 Å². The number of pyridine rings is 1. The van der Waals surface area contributed by atoms with E-state index in [4.69, 9.17) is 16.0 Å². The van der Waals surface area contributed by atoms with Gasteiger partial charge in [-0.2, -0.15) is 18.3 Å². The van der Waals surface area contributed by atoms with E-state index in [1.54, 1.807) is 18.2 Å². The average molecular weight is 570 g/mol. The van der Waals surface area contributed by atoms with Crippen molar-refractivity contribution in [2.45, 2.75) is 24.7 Å². The maximum Gasteiger partial charge on any atom is 0.410 e. The van der Waals surface area contributed by atoms with Crippen molar-refractivity contribution in [3.8, 4) is 0 Å². The maximum absolute atomic E-state index is 13.8. The van der Waals surface area contributed by atoms with Crippen molar-refractivity contribution in [3.05, 3.63) is 56.2 Å². The summed E-state index contributed by atoms with van der Waals surface area (Å²) in [7, 11) is 0. The van der Waals surface area contributed by atoms with Crippen LogP contribution >= 0.6 is 43.5 Å². The molecule has 4 heterocycles. The third-order valence-electron chi connectivity index (χ3n) is 4.46. The normalized spacial score (nSPS) is 18.6. The fraction of sp³-hybridized carbons (Fsp3) is 0.235. The van der Waals surface area contributed by atoms with Crippen molar-refractivity contribution in [1.82, 2.24) is 14.8 Å². The minimum atomic E-state index is -4.59. The first-order valence-corrected chi connectivity index (χ1v) is 10.4. The standard InChI is InChI=1S/C17H11Br2ClF3N5O2/c18-11-4-3-9(30-11)8-6-10(17(21,22)23)28-15(25-8)12(19)13(27-28)16(29)26-7-2-1-5-24-14(7)20/h1-5,8,10,25H,6H2,(H,26,29). The Kier molecular flexibility index (Phi) is 5.58. The molecule has 0 bridgehead atoms. The van der Waals surface area contributed by atoms with Gasteiger partial charge >= 0.3 is 6.18 Å². The van der Waals surface area contributed by atoms with Crippen molar-refractivity contribution >= 4 is 60.9 Å². The number of carbonyl (C=O) groups excluding carboxylic acids is 1. The molecule has 1 aliphatic rings. The second-order valence-corrected chi connectivity index (χ2v) is 8.32. The first kappa shape index (κ1) is 21.2. The number of hydrogen-bond acceptors (Lipinski definition) is 5. The molecule has 158 valence electrons. The largest absolute Gasteiger partial charge is 0.452 e. The van der Waals surface area contributed by atoms with E-state index in [1.165, 1.54) is 12.3 Å². The highest BCUT2D eigenvalue weighted by atomic mass is 79.9. The molecule has 0 spiro atoms. The summed E-state index contributed by atoms with van der Waals surface area (Å²) in [6.45, 7) is 0. The van der Waals surface area contributed by atoms with Gasteiger partial charge in [0.05, 0.1) is 16.2 Å². The van der Waals surface area contributed by atoms with Crippen LogP contribution in [0.3, 0.4) is 0 Å². The Morgan fingerprint density at radius 3 is 2.73 bits per heavy atom. The van der Waals surface area contributed by atoms with E-state index < -0.39 is 24.2 Å².